The summed E-state index contributed by atoms with van der Waals surface area (Å²) in [5.41, 5.74) is 2.21. The Hall–Kier alpha value is -2.58. The molecule has 2 aromatic heterocycles. The van der Waals surface area contributed by atoms with Gasteiger partial charge in [0.25, 0.3) is 5.91 Å². The molecular formula is C19H22N4O. The van der Waals surface area contributed by atoms with Crippen molar-refractivity contribution < 1.29 is 4.79 Å². The summed E-state index contributed by atoms with van der Waals surface area (Å²) in [6.45, 7) is 7.15. The number of amides is 1. The van der Waals surface area contributed by atoms with Crippen molar-refractivity contribution in [3.05, 3.63) is 48.4 Å². The molecule has 0 N–H and O–H groups in total. The van der Waals surface area contributed by atoms with Gasteiger partial charge < -0.3 is 9.30 Å². The highest BCUT2D eigenvalue weighted by atomic mass is 16.2. The van der Waals surface area contributed by atoms with Crippen molar-refractivity contribution in [1.29, 1.82) is 0 Å². The van der Waals surface area contributed by atoms with E-state index in [1.165, 1.54) is 0 Å². The number of carbonyl (C=O) groups excluding carboxylic acids is 1. The highest BCUT2D eigenvalue weighted by molar-refractivity contribution is 5.94. The number of hydrogen-bond acceptors (Lipinski definition) is 3. The predicted molar refractivity (Wildman–Crippen MR) is 94.6 cm³/mol. The number of likely N-dealkylation sites (tertiary alicyclic amines) is 1. The number of rotatable bonds is 6. The Bertz CT molecular complexity index is 780. The fraction of sp³-hybridized carbons (Fsp3) is 0.368. The molecule has 0 bridgehead atoms. The molecule has 0 atom stereocenters. The summed E-state index contributed by atoms with van der Waals surface area (Å²) < 4.78 is 1.98. The molecule has 2 aromatic rings. The van der Waals surface area contributed by atoms with Gasteiger partial charge in [-0.05, 0) is 25.0 Å². The third-order valence-corrected chi connectivity index (χ3v) is 4.30. The van der Waals surface area contributed by atoms with Crippen LogP contribution >= 0.6 is 0 Å². The minimum absolute atomic E-state index is 0.0189. The average molecular weight is 322 g/mol. The third kappa shape index (κ3) is 3.19. The van der Waals surface area contributed by atoms with E-state index in [1.54, 1.807) is 0 Å². The van der Waals surface area contributed by atoms with Crippen molar-refractivity contribution in [3.63, 3.8) is 0 Å². The van der Waals surface area contributed by atoms with Crippen LogP contribution in [-0.2, 0) is 6.54 Å². The zero-order chi connectivity index (χ0) is 16.9. The summed E-state index contributed by atoms with van der Waals surface area (Å²) in [6, 6.07) is 5.80. The second-order valence-corrected chi connectivity index (χ2v) is 6.00. The Morgan fingerprint density at radius 3 is 2.92 bits per heavy atom. The van der Waals surface area contributed by atoms with Crippen molar-refractivity contribution in [3.8, 4) is 12.3 Å². The van der Waals surface area contributed by atoms with E-state index in [4.69, 9.17) is 6.42 Å². The first-order valence-corrected chi connectivity index (χ1v) is 8.26. The van der Waals surface area contributed by atoms with Crippen LogP contribution in [0.15, 0.2) is 37.1 Å². The number of imidazole rings is 1. The molecule has 0 aliphatic carbocycles. The van der Waals surface area contributed by atoms with E-state index in [0.717, 1.165) is 37.3 Å². The molecule has 124 valence electrons. The summed E-state index contributed by atoms with van der Waals surface area (Å²) in [6.07, 6.45) is 11.4. The Kier molecular flexibility index (Phi) is 4.97. The lowest BCUT2D eigenvalue weighted by molar-refractivity contribution is 0.0785. The lowest BCUT2D eigenvalue weighted by Gasteiger charge is -2.19. The van der Waals surface area contributed by atoms with Crippen LogP contribution in [0.25, 0.3) is 5.65 Å². The van der Waals surface area contributed by atoms with E-state index in [-0.39, 0.29) is 5.91 Å². The van der Waals surface area contributed by atoms with Gasteiger partial charge in [0.1, 0.15) is 5.65 Å². The number of fused-ring (bicyclic) bond motifs is 1. The first kappa shape index (κ1) is 16.3. The third-order valence-electron chi connectivity index (χ3n) is 4.30. The molecule has 5 heteroatoms. The van der Waals surface area contributed by atoms with Crippen molar-refractivity contribution in [2.75, 3.05) is 26.2 Å². The lowest BCUT2D eigenvalue weighted by atomic mass is 10.2. The highest BCUT2D eigenvalue weighted by Crippen LogP contribution is 2.19. The number of hydrogen-bond donors (Lipinski definition) is 0. The van der Waals surface area contributed by atoms with Gasteiger partial charge in [-0.1, -0.05) is 18.1 Å². The van der Waals surface area contributed by atoms with Crippen molar-refractivity contribution in [1.82, 2.24) is 19.2 Å². The molecule has 0 unspecified atom stereocenters. The standard InChI is InChI=1S/C19H22N4O/c1-3-10-21(11-4-2)15-16-18(19(24)22-12-7-8-13-22)20-17-9-5-6-14-23(16)17/h1,4-6,9,14H,2,7-8,10-13,15H2. The van der Waals surface area contributed by atoms with Gasteiger partial charge in [-0.3, -0.25) is 9.69 Å². The number of nitrogens with zero attached hydrogens (tertiary/aromatic N) is 4. The van der Waals surface area contributed by atoms with Crippen LogP contribution in [0.4, 0.5) is 0 Å². The van der Waals surface area contributed by atoms with Crippen LogP contribution in [-0.4, -0.2) is 51.3 Å². The maximum absolute atomic E-state index is 12.9. The average Bonchev–Trinajstić information content (AvgIpc) is 3.23. The van der Waals surface area contributed by atoms with E-state index in [0.29, 0.717) is 25.3 Å². The molecule has 0 spiro atoms. The summed E-state index contributed by atoms with van der Waals surface area (Å²) in [5, 5.41) is 0. The molecule has 1 aliphatic rings. The van der Waals surface area contributed by atoms with Crippen LogP contribution in [0, 0.1) is 12.3 Å². The number of aromatic nitrogens is 2. The molecule has 0 aromatic carbocycles. The first-order chi connectivity index (χ1) is 11.7. The molecule has 5 nitrogen and oxygen atoms in total. The maximum Gasteiger partial charge on any atom is 0.274 e. The fourth-order valence-electron chi connectivity index (χ4n) is 3.15. The van der Waals surface area contributed by atoms with Gasteiger partial charge in [0.05, 0.1) is 12.2 Å². The minimum atomic E-state index is 0.0189. The van der Waals surface area contributed by atoms with Crippen molar-refractivity contribution in [2.24, 2.45) is 0 Å². The molecule has 0 radical (unpaired) electrons. The maximum atomic E-state index is 12.9. The Balaban J connectivity index is 1.99. The number of carbonyl (C=O) groups is 1. The topological polar surface area (TPSA) is 40.9 Å². The molecule has 1 amide bonds. The summed E-state index contributed by atoms with van der Waals surface area (Å²) in [7, 11) is 0. The van der Waals surface area contributed by atoms with Crippen molar-refractivity contribution >= 4 is 11.6 Å². The van der Waals surface area contributed by atoms with E-state index in [2.05, 4.69) is 22.4 Å². The summed E-state index contributed by atoms with van der Waals surface area (Å²) >= 11 is 0. The predicted octanol–water partition coefficient (Wildman–Crippen LogP) is 2.19. The minimum Gasteiger partial charge on any atom is -0.337 e. The Morgan fingerprint density at radius 2 is 2.21 bits per heavy atom. The molecule has 24 heavy (non-hydrogen) atoms. The quantitative estimate of drug-likeness (QED) is 0.605. The van der Waals surface area contributed by atoms with E-state index in [1.807, 2.05) is 39.8 Å². The summed E-state index contributed by atoms with van der Waals surface area (Å²) in [5.74, 6) is 2.69. The zero-order valence-electron chi connectivity index (χ0n) is 13.8. The van der Waals surface area contributed by atoms with Crippen LogP contribution in [0.1, 0.15) is 29.0 Å². The number of pyridine rings is 1. The van der Waals surface area contributed by atoms with Gasteiger partial charge in [0.15, 0.2) is 5.69 Å². The van der Waals surface area contributed by atoms with Gasteiger partial charge in [-0.15, -0.1) is 13.0 Å². The van der Waals surface area contributed by atoms with Crippen LogP contribution in [0.3, 0.4) is 0 Å². The molecule has 1 fully saturated rings. The molecule has 3 heterocycles. The van der Waals surface area contributed by atoms with E-state index in [9.17, 15) is 4.79 Å². The first-order valence-electron chi connectivity index (χ1n) is 8.26. The van der Waals surface area contributed by atoms with Crippen molar-refractivity contribution in [2.45, 2.75) is 19.4 Å². The molecular weight excluding hydrogens is 300 g/mol. The fourth-order valence-corrected chi connectivity index (χ4v) is 3.15. The molecule has 1 saturated heterocycles. The zero-order valence-corrected chi connectivity index (χ0v) is 13.8. The lowest BCUT2D eigenvalue weighted by Crippen LogP contribution is -2.31. The normalized spacial score (nSPS) is 14.2. The summed E-state index contributed by atoms with van der Waals surface area (Å²) in [4.78, 5) is 21.5. The Labute approximate surface area is 142 Å². The van der Waals surface area contributed by atoms with Crippen LogP contribution < -0.4 is 0 Å². The Morgan fingerprint density at radius 1 is 1.42 bits per heavy atom. The van der Waals surface area contributed by atoms with Crippen LogP contribution in [0.5, 0.6) is 0 Å². The van der Waals surface area contributed by atoms with E-state index < -0.39 is 0 Å². The van der Waals surface area contributed by atoms with Crippen LogP contribution in [0.2, 0.25) is 0 Å². The number of terminal acetylenes is 1. The van der Waals surface area contributed by atoms with Gasteiger partial charge in [0, 0.05) is 32.4 Å². The smallest absolute Gasteiger partial charge is 0.274 e. The monoisotopic (exact) mass is 322 g/mol. The second-order valence-electron chi connectivity index (χ2n) is 6.00. The van der Waals surface area contributed by atoms with Gasteiger partial charge in [-0.25, -0.2) is 4.98 Å². The van der Waals surface area contributed by atoms with Gasteiger partial charge in [0.2, 0.25) is 0 Å². The molecule has 0 saturated carbocycles. The highest BCUT2D eigenvalue weighted by Gasteiger charge is 2.26. The second kappa shape index (κ2) is 7.33. The van der Waals surface area contributed by atoms with Gasteiger partial charge in [-0.2, -0.15) is 0 Å². The largest absolute Gasteiger partial charge is 0.337 e. The molecule has 3 rings (SSSR count). The molecule has 1 aliphatic heterocycles. The van der Waals surface area contributed by atoms with Gasteiger partial charge >= 0.3 is 0 Å². The van der Waals surface area contributed by atoms with E-state index >= 15 is 0 Å². The SMILES string of the molecule is C#CCN(CC=C)Cc1c(C(=O)N2CCCC2)nc2ccccn12.